The maximum Gasteiger partial charge on any atom is 0.240 e. The SMILES string of the molecule is CN1C(=O)C2C3CCC(C3)C2(c2ccc3c(c2)CCCC3)C1=O. The fourth-order valence-corrected chi connectivity index (χ4v) is 6.18. The molecule has 3 aliphatic carbocycles. The largest absolute Gasteiger partial charge is 0.285 e. The van der Waals surface area contributed by atoms with E-state index in [1.807, 2.05) is 0 Å². The summed E-state index contributed by atoms with van der Waals surface area (Å²) in [5, 5.41) is 0. The normalized spacial score (nSPS) is 38.1. The van der Waals surface area contributed by atoms with Crippen molar-refractivity contribution in [3.05, 3.63) is 34.9 Å². The third-order valence-electron chi connectivity index (χ3n) is 7.16. The first-order valence-corrected chi connectivity index (χ1v) is 9.08. The van der Waals surface area contributed by atoms with Crippen LogP contribution in [-0.4, -0.2) is 23.8 Å². The van der Waals surface area contributed by atoms with Crippen LogP contribution in [0.15, 0.2) is 18.2 Å². The van der Waals surface area contributed by atoms with Crippen LogP contribution < -0.4 is 0 Å². The van der Waals surface area contributed by atoms with Gasteiger partial charge in [-0.1, -0.05) is 18.2 Å². The molecule has 120 valence electrons. The quantitative estimate of drug-likeness (QED) is 0.748. The van der Waals surface area contributed by atoms with E-state index in [0.29, 0.717) is 11.8 Å². The minimum absolute atomic E-state index is 0.0652. The van der Waals surface area contributed by atoms with Gasteiger partial charge in [0.2, 0.25) is 11.8 Å². The smallest absolute Gasteiger partial charge is 0.240 e. The van der Waals surface area contributed by atoms with Gasteiger partial charge in [-0.05, 0) is 73.5 Å². The van der Waals surface area contributed by atoms with Crippen LogP contribution in [0.2, 0.25) is 0 Å². The van der Waals surface area contributed by atoms with Gasteiger partial charge in [-0.3, -0.25) is 14.5 Å². The van der Waals surface area contributed by atoms with Crippen LogP contribution in [0.5, 0.6) is 0 Å². The van der Waals surface area contributed by atoms with Crippen molar-refractivity contribution in [2.45, 2.75) is 50.4 Å². The fraction of sp³-hybridized carbons (Fsp3) is 0.600. The third kappa shape index (κ3) is 1.51. The molecular weight excluding hydrogens is 286 g/mol. The number of carbonyl (C=O) groups excluding carboxylic acids is 2. The highest BCUT2D eigenvalue weighted by Gasteiger charge is 2.70. The number of amides is 2. The summed E-state index contributed by atoms with van der Waals surface area (Å²) >= 11 is 0. The number of rotatable bonds is 1. The summed E-state index contributed by atoms with van der Waals surface area (Å²) in [6.45, 7) is 0. The predicted molar refractivity (Wildman–Crippen MR) is 86.9 cm³/mol. The summed E-state index contributed by atoms with van der Waals surface area (Å²) in [6.07, 6.45) is 8.07. The van der Waals surface area contributed by atoms with Crippen LogP contribution in [0.4, 0.5) is 0 Å². The number of hydrogen-bond acceptors (Lipinski definition) is 2. The van der Waals surface area contributed by atoms with Gasteiger partial charge in [-0.2, -0.15) is 0 Å². The van der Waals surface area contributed by atoms with Crippen molar-refractivity contribution in [2.24, 2.45) is 17.8 Å². The molecule has 4 atom stereocenters. The molecule has 2 saturated carbocycles. The highest BCUT2D eigenvalue weighted by molar-refractivity contribution is 6.11. The molecule has 1 saturated heterocycles. The van der Waals surface area contributed by atoms with Gasteiger partial charge in [0.05, 0.1) is 11.3 Å². The zero-order valence-corrected chi connectivity index (χ0v) is 13.7. The molecule has 3 fully saturated rings. The number of aryl methyl sites for hydroxylation is 2. The Balaban J connectivity index is 1.70. The number of carbonyl (C=O) groups is 2. The number of likely N-dealkylation sites (N-methyl/N-ethyl adjacent to an activating group) is 1. The number of fused-ring (bicyclic) bond motifs is 6. The Morgan fingerprint density at radius 3 is 2.70 bits per heavy atom. The Kier molecular flexibility index (Phi) is 2.67. The van der Waals surface area contributed by atoms with E-state index in [1.54, 1.807) is 7.05 Å². The number of likely N-dealkylation sites (tertiary alicyclic amines) is 1. The highest BCUT2D eigenvalue weighted by atomic mass is 16.2. The molecule has 0 radical (unpaired) electrons. The number of imide groups is 1. The average molecular weight is 309 g/mol. The lowest BCUT2D eigenvalue weighted by molar-refractivity contribution is -0.139. The first-order valence-electron chi connectivity index (χ1n) is 9.08. The van der Waals surface area contributed by atoms with E-state index in [2.05, 4.69) is 18.2 Å². The summed E-state index contributed by atoms with van der Waals surface area (Å²) in [4.78, 5) is 27.4. The Hall–Kier alpha value is -1.64. The van der Waals surface area contributed by atoms with Gasteiger partial charge in [-0.25, -0.2) is 0 Å². The van der Waals surface area contributed by atoms with Crippen molar-refractivity contribution in [1.82, 2.24) is 4.90 Å². The predicted octanol–water partition coefficient (Wildman–Crippen LogP) is 2.85. The maximum absolute atomic E-state index is 13.2. The molecule has 0 spiro atoms. The molecule has 1 aromatic rings. The van der Waals surface area contributed by atoms with E-state index in [9.17, 15) is 9.59 Å². The van der Waals surface area contributed by atoms with Crippen LogP contribution in [-0.2, 0) is 27.8 Å². The molecular formula is C20H23NO2. The molecule has 3 nitrogen and oxygen atoms in total. The van der Waals surface area contributed by atoms with E-state index >= 15 is 0 Å². The lowest BCUT2D eigenvalue weighted by Gasteiger charge is -2.36. The van der Waals surface area contributed by atoms with Crippen molar-refractivity contribution in [1.29, 1.82) is 0 Å². The van der Waals surface area contributed by atoms with Crippen molar-refractivity contribution in [3.8, 4) is 0 Å². The van der Waals surface area contributed by atoms with Crippen molar-refractivity contribution in [2.75, 3.05) is 7.05 Å². The molecule has 0 aromatic heterocycles. The van der Waals surface area contributed by atoms with E-state index in [-0.39, 0.29) is 17.7 Å². The van der Waals surface area contributed by atoms with E-state index in [4.69, 9.17) is 0 Å². The molecule has 4 aliphatic rings. The minimum Gasteiger partial charge on any atom is -0.285 e. The van der Waals surface area contributed by atoms with Crippen LogP contribution >= 0.6 is 0 Å². The summed E-state index contributed by atoms with van der Waals surface area (Å²) in [6, 6.07) is 6.69. The second-order valence-electron chi connectivity index (χ2n) is 8.01. The van der Waals surface area contributed by atoms with E-state index in [1.165, 1.54) is 28.9 Å². The summed E-state index contributed by atoms with van der Waals surface area (Å²) in [5.74, 6) is 0.814. The van der Waals surface area contributed by atoms with Crippen molar-refractivity contribution >= 4 is 11.8 Å². The average Bonchev–Trinajstić information content (AvgIpc) is 3.23. The Labute approximate surface area is 137 Å². The summed E-state index contributed by atoms with van der Waals surface area (Å²) < 4.78 is 0. The van der Waals surface area contributed by atoms with Gasteiger partial charge in [0.15, 0.2) is 0 Å². The Morgan fingerprint density at radius 2 is 1.87 bits per heavy atom. The van der Waals surface area contributed by atoms with E-state index < -0.39 is 5.41 Å². The fourth-order valence-electron chi connectivity index (χ4n) is 6.18. The lowest BCUT2D eigenvalue weighted by Crippen LogP contribution is -2.44. The van der Waals surface area contributed by atoms with Crippen LogP contribution in [0.3, 0.4) is 0 Å². The zero-order valence-electron chi connectivity index (χ0n) is 13.7. The van der Waals surface area contributed by atoms with Gasteiger partial charge in [0.25, 0.3) is 0 Å². The zero-order chi connectivity index (χ0) is 15.8. The standard InChI is InChI=1S/C20H23NO2/c1-21-18(22)17-14-7-9-16(11-14)20(17,19(21)23)15-8-6-12-4-2-3-5-13(12)10-15/h6,8,10,14,16-17H,2-5,7,9,11H2,1H3. The van der Waals surface area contributed by atoms with Gasteiger partial charge in [0.1, 0.15) is 0 Å². The molecule has 1 heterocycles. The molecule has 4 unspecified atom stereocenters. The first kappa shape index (κ1) is 13.8. The molecule has 0 N–H and O–H groups in total. The van der Waals surface area contributed by atoms with Gasteiger partial charge >= 0.3 is 0 Å². The summed E-state index contributed by atoms with van der Waals surface area (Å²) in [7, 11) is 1.68. The number of benzene rings is 1. The summed E-state index contributed by atoms with van der Waals surface area (Å²) in [5.41, 5.74) is 3.46. The van der Waals surface area contributed by atoms with Crippen LogP contribution in [0.25, 0.3) is 0 Å². The van der Waals surface area contributed by atoms with E-state index in [0.717, 1.165) is 37.7 Å². The van der Waals surface area contributed by atoms with Crippen LogP contribution in [0, 0.1) is 17.8 Å². The maximum atomic E-state index is 13.2. The second-order valence-corrected chi connectivity index (χ2v) is 8.01. The third-order valence-corrected chi connectivity index (χ3v) is 7.16. The number of nitrogens with zero attached hydrogens (tertiary/aromatic N) is 1. The lowest BCUT2D eigenvalue weighted by atomic mass is 9.63. The number of hydrogen-bond donors (Lipinski definition) is 0. The second kappa shape index (κ2) is 4.46. The van der Waals surface area contributed by atoms with Crippen molar-refractivity contribution in [3.63, 3.8) is 0 Å². The monoisotopic (exact) mass is 309 g/mol. The van der Waals surface area contributed by atoms with Gasteiger partial charge < -0.3 is 0 Å². The first-order chi connectivity index (χ1) is 11.1. The van der Waals surface area contributed by atoms with Gasteiger partial charge in [-0.15, -0.1) is 0 Å². The highest BCUT2D eigenvalue weighted by Crippen LogP contribution is 2.64. The topological polar surface area (TPSA) is 37.4 Å². The molecule has 1 aliphatic heterocycles. The Morgan fingerprint density at radius 1 is 1.09 bits per heavy atom. The molecule has 2 amide bonds. The molecule has 5 rings (SSSR count). The van der Waals surface area contributed by atoms with Gasteiger partial charge in [0, 0.05) is 7.05 Å². The molecule has 1 aromatic carbocycles. The van der Waals surface area contributed by atoms with Crippen molar-refractivity contribution < 1.29 is 9.59 Å². The van der Waals surface area contributed by atoms with Crippen LogP contribution in [0.1, 0.15) is 48.8 Å². The molecule has 3 heteroatoms. The molecule has 23 heavy (non-hydrogen) atoms. The Bertz CT molecular complexity index is 724. The molecule has 2 bridgehead atoms. The minimum atomic E-state index is -0.540.